The van der Waals surface area contributed by atoms with Crippen molar-refractivity contribution in [2.24, 2.45) is 0 Å². The highest BCUT2D eigenvalue weighted by molar-refractivity contribution is 7.89. The van der Waals surface area contributed by atoms with Gasteiger partial charge < -0.3 is 14.4 Å². The Kier molecular flexibility index (Phi) is 5.94. The number of ether oxygens (including phenoxy) is 2. The average molecular weight is 445 g/mol. The lowest BCUT2D eigenvalue weighted by Crippen LogP contribution is -2.33. The number of benzene rings is 2. The van der Waals surface area contributed by atoms with E-state index in [9.17, 15) is 13.2 Å². The minimum absolute atomic E-state index is 0.0815. The number of amides is 1. The fraction of sp³-hybridized carbons (Fsp3) is 0.435. The van der Waals surface area contributed by atoms with Crippen molar-refractivity contribution in [1.29, 1.82) is 0 Å². The van der Waals surface area contributed by atoms with Gasteiger partial charge in [-0.3, -0.25) is 4.79 Å². The number of likely N-dealkylation sites (tertiary alicyclic amines) is 1. The molecule has 4 rings (SSSR count). The van der Waals surface area contributed by atoms with E-state index in [0.29, 0.717) is 31.1 Å². The van der Waals surface area contributed by atoms with Crippen molar-refractivity contribution in [2.75, 3.05) is 26.8 Å². The lowest BCUT2D eigenvalue weighted by Gasteiger charge is -2.27. The summed E-state index contributed by atoms with van der Waals surface area (Å²) in [6.45, 7) is 5.30. The molecule has 1 amide bonds. The van der Waals surface area contributed by atoms with Crippen molar-refractivity contribution in [3.05, 3.63) is 53.6 Å². The topological polar surface area (TPSA) is 76.2 Å². The maximum absolute atomic E-state index is 13.4. The predicted octanol–water partition coefficient (Wildman–Crippen LogP) is 3.46. The molecular formula is C23H28N2O5S. The van der Waals surface area contributed by atoms with Crippen molar-refractivity contribution >= 4 is 15.9 Å². The molecule has 0 aliphatic carbocycles. The van der Waals surface area contributed by atoms with Gasteiger partial charge in [-0.25, -0.2) is 8.42 Å². The zero-order valence-electron chi connectivity index (χ0n) is 18.1. The van der Waals surface area contributed by atoms with Crippen molar-refractivity contribution in [3.63, 3.8) is 0 Å². The molecule has 8 heteroatoms. The predicted molar refractivity (Wildman–Crippen MR) is 117 cm³/mol. The summed E-state index contributed by atoms with van der Waals surface area (Å²) in [4.78, 5) is 15.3. The van der Waals surface area contributed by atoms with Crippen LogP contribution < -0.4 is 9.47 Å². The Hall–Kier alpha value is -2.58. The van der Waals surface area contributed by atoms with Gasteiger partial charge in [0.1, 0.15) is 13.2 Å². The summed E-state index contributed by atoms with van der Waals surface area (Å²) >= 11 is 0. The molecule has 0 unspecified atom stereocenters. The number of hydrogen-bond donors (Lipinski definition) is 0. The normalized spacial score (nSPS) is 18.6. The number of hydrogen-bond acceptors (Lipinski definition) is 5. The molecule has 0 N–H and O–H groups in total. The Morgan fingerprint density at radius 1 is 1.10 bits per heavy atom. The number of carbonyl (C=O) groups excluding carboxylic acids is 1. The fourth-order valence-corrected chi connectivity index (χ4v) is 5.44. The molecule has 2 heterocycles. The van der Waals surface area contributed by atoms with Gasteiger partial charge in [-0.05, 0) is 62.6 Å². The second kappa shape index (κ2) is 8.51. The van der Waals surface area contributed by atoms with Gasteiger partial charge in [0.05, 0.1) is 10.9 Å². The van der Waals surface area contributed by atoms with Crippen LogP contribution in [-0.4, -0.2) is 56.4 Å². The molecule has 1 saturated heterocycles. The summed E-state index contributed by atoms with van der Waals surface area (Å²) in [5.74, 6) is 1.26. The molecule has 2 aliphatic rings. The Morgan fingerprint density at radius 2 is 1.84 bits per heavy atom. The SMILES string of the molecule is CC(C)N(C)S(=O)(=O)c1cccc(C(=O)N2CCC[C@H]2c2ccc3c(c2)OCCO3)c1. The van der Waals surface area contributed by atoms with Crippen molar-refractivity contribution < 1.29 is 22.7 Å². The Labute approximate surface area is 183 Å². The summed E-state index contributed by atoms with van der Waals surface area (Å²) in [6.07, 6.45) is 1.73. The van der Waals surface area contributed by atoms with Crippen molar-refractivity contribution in [3.8, 4) is 11.5 Å². The second-order valence-electron chi connectivity index (χ2n) is 8.20. The number of sulfonamides is 1. The Morgan fingerprint density at radius 3 is 2.58 bits per heavy atom. The molecule has 0 radical (unpaired) electrons. The van der Waals surface area contributed by atoms with E-state index in [1.807, 2.05) is 36.9 Å². The van der Waals surface area contributed by atoms with Gasteiger partial charge in [0.25, 0.3) is 5.91 Å². The first-order valence-electron chi connectivity index (χ1n) is 10.6. The molecule has 7 nitrogen and oxygen atoms in total. The molecule has 166 valence electrons. The van der Waals surface area contributed by atoms with Crippen LogP contribution in [0.3, 0.4) is 0 Å². The molecule has 0 spiro atoms. The van der Waals surface area contributed by atoms with E-state index in [1.54, 1.807) is 19.2 Å². The summed E-state index contributed by atoms with van der Waals surface area (Å²) in [5.41, 5.74) is 1.38. The third-order valence-electron chi connectivity index (χ3n) is 5.95. The molecule has 2 aromatic rings. The largest absolute Gasteiger partial charge is 0.486 e. The van der Waals surface area contributed by atoms with E-state index in [-0.39, 0.29) is 22.9 Å². The third-order valence-corrected chi connectivity index (χ3v) is 7.98. The summed E-state index contributed by atoms with van der Waals surface area (Å²) in [6, 6.07) is 11.9. The molecular weight excluding hydrogens is 416 g/mol. The molecule has 2 aromatic carbocycles. The van der Waals surface area contributed by atoms with Crippen LogP contribution in [0.1, 0.15) is 48.7 Å². The van der Waals surface area contributed by atoms with Crippen LogP contribution in [0.15, 0.2) is 47.4 Å². The van der Waals surface area contributed by atoms with Crippen LogP contribution in [0.5, 0.6) is 11.5 Å². The van der Waals surface area contributed by atoms with E-state index in [2.05, 4.69) is 0 Å². The molecule has 0 saturated carbocycles. The maximum atomic E-state index is 13.4. The molecule has 1 atom stereocenters. The average Bonchev–Trinajstić information content (AvgIpc) is 3.27. The van der Waals surface area contributed by atoms with E-state index in [4.69, 9.17) is 9.47 Å². The zero-order valence-corrected chi connectivity index (χ0v) is 18.9. The number of carbonyl (C=O) groups is 1. The van der Waals surface area contributed by atoms with Crippen molar-refractivity contribution in [2.45, 2.75) is 43.7 Å². The first-order chi connectivity index (χ1) is 14.8. The Bertz CT molecular complexity index is 1080. The van der Waals surface area contributed by atoms with E-state index in [1.165, 1.54) is 16.4 Å². The number of nitrogens with zero attached hydrogens (tertiary/aromatic N) is 2. The summed E-state index contributed by atoms with van der Waals surface area (Å²) in [5, 5.41) is 0. The van der Waals surface area contributed by atoms with E-state index >= 15 is 0 Å². The number of rotatable bonds is 5. The molecule has 0 aromatic heterocycles. The quantitative estimate of drug-likeness (QED) is 0.706. The maximum Gasteiger partial charge on any atom is 0.254 e. The van der Waals surface area contributed by atoms with Gasteiger partial charge in [0.15, 0.2) is 11.5 Å². The van der Waals surface area contributed by atoms with Crippen molar-refractivity contribution in [1.82, 2.24) is 9.21 Å². The minimum Gasteiger partial charge on any atom is -0.486 e. The van der Waals surface area contributed by atoms with Crippen LogP contribution in [0.4, 0.5) is 0 Å². The Balaban J connectivity index is 1.61. The van der Waals surface area contributed by atoms with Gasteiger partial charge in [0.2, 0.25) is 10.0 Å². The van der Waals surface area contributed by atoms with Crippen LogP contribution >= 0.6 is 0 Å². The van der Waals surface area contributed by atoms with Crippen LogP contribution in [0.25, 0.3) is 0 Å². The molecule has 2 aliphatic heterocycles. The van der Waals surface area contributed by atoms with Crippen LogP contribution in [0.2, 0.25) is 0 Å². The monoisotopic (exact) mass is 444 g/mol. The fourth-order valence-electron chi connectivity index (χ4n) is 4.02. The van der Waals surface area contributed by atoms with Gasteiger partial charge in [0, 0.05) is 25.2 Å². The third kappa shape index (κ3) is 4.14. The highest BCUT2D eigenvalue weighted by Gasteiger charge is 2.32. The smallest absolute Gasteiger partial charge is 0.254 e. The molecule has 0 bridgehead atoms. The molecule has 31 heavy (non-hydrogen) atoms. The summed E-state index contributed by atoms with van der Waals surface area (Å²) < 4.78 is 38.3. The van der Waals surface area contributed by atoms with Crippen LogP contribution in [0, 0.1) is 0 Å². The zero-order chi connectivity index (χ0) is 22.2. The lowest BCUT2D eigenvalue weighted by molar-refractivity contribution is 0.0735. The van der Waals surface area contributed by atoms with Gasteiger partial charge in [-0.1, -0.05) is 12.1 Å². The van der Waals surface area contributed by atoms with Gasteiger partial charge in [-0.2, -0.15) is 4.31 Å². The van der Waals surface area contributed by atoms with Crippen LogP contribution in [-0.2, 0) is 10.0 Å². The first-order valence-corrected chi connectivity index (χ1v) is 12.0. The second-order valence-corrected chi connectivity index (χ2v) is 10.2. The van der Waals surface area contributed by atoms with E-state index < -0.39 is 10.0 Å². The first kappa shape index (κ1) is 21.6. The van der Waals surface area contributed by atoms with Gasteiger partial charge in [-0.15, -0.1) is 0 Å². The minimum atomic E-state index is -3.66. The lowest BCUT2D eigenvalue weighted by atomic mass is 10.0. The molecule has 1 fully saturated rings. The standard InChI is InChI=1S/C23H28N2O5S/c1-16(2)24(3)31(27,28)19-7-4-6-18(14-19)23(26)25-11-5-8-20(25)17-9-10-21-22(15-17)30-13-12-29-21/h4,6-7,9-10,14-16,20H,5,8,11-13H2,1-3H3/t20-/m0/s1. The highest BCUT2D eigenvalue weighted by Crippen LogP contribution is 2.38. The highest BCUT2D eigenvalue weighted by atomic mass is 32.2. The summed E-state index contributed by atoms with van der Waals surface area (Å²) in [7, 11) is -2.11. The van der Waals surface area contributed by atoms with Gasteiger partial charge >= 0.3 is 0 Å². The number of fused-ring (bicyclic) bond motifs is 1. The van der Waals surface area contributed by atoms with E-state index in [0.717, 1.165) is 24.2 Å².